The number of carbonyl (C=O) groups is 1. The number of hydrogen-bond donors (Lipinski definition) is 2. The molecule has 120 valence electrons. The summed E-state index contributed by atoms with van der Waals surface area (Å²) in [6, 6.07) is 12.6. The maximum Gasteiger partial charge on any atom is 0.268 e. The van der Waals surface area contributed by atoms with E-state index in [0.717, 1.165) is 0 Å². The van der Waals surface area contributed by atoms with E-state index in [0.29, 0.717) is 10.6 Å². The van der Waals surface area contributed by atoms with Crippen LogP contribution in [-0.2, 0) is 9.63 Å². The number of halogens is 2. The molecule has 1 atom stereocenters. The molecule has 0 spiro atoms. The van der Waals surface area contributed by atoms with E-state index in [2.05, 4.69) is 10.5 Å². The predicted molar refractivity (Wildman–Crippen MR) is 87.8 cm³/mol. The van der Waals surface area contributed by atoms with E-state index in [1.54, 1.807) is 30.3 Å². The van der Waals surface area contributed by atoms with Crippen LogP contribution < -0.4 is 11.1 Å². The highest BCUT2D eigenvalue weighted by molar-refractivity contribution is 6.31. The van der Waals surface area contributed by atoms with E-state index in [-0.39, 0.29) is 11.5 Å². The van der Waals surface area contributed by atoms with Gasteiger partial charge in [-0.2, -0.15) is 0 Å². The van der Waals surface area contributed by atoms with Gasteiger partial charge in [0.1, 0.15) is 5.82 Å². The summed E-state index contributed by atoms with van der Waals surface area (Å²) < 4.78 is 13.5. The molecule has 0 heterocycles. The largest absolute Gasteiger partial charge is 0.381 e. The third-order valence-electron chi connectivity index (χ3n) is 2.93. The molecule has 0 aromatic heterocycles. The monoisotopic (exact) mass is 335 g/mol. The van der Waals surface area contributed by atoms with Crippen molar-refractivity contribution in [3.63, 3.8) is 0 Å². The van der Waals surface area contributed by atoms with Crippen LogP contribution >= 0.6 is 11.6 Å². The predicted octanol–water partition coefficient (Wildman–Crippen LogP) is 3.14. The van der Waals surface area contributed by atoms with Crippen LogP contribution in [0.4, 0.5) is 10.1 Å². The summed E-state index contributed by atoms with van der Waals surface area (Å²) in [5.74, 6) is -0.995. The summed E-state index contributed by atoms with van der Waals surface area (Å²) in [6.07, 6.45) is -0.952. The molecule has 0 aliphatic carbocycles. The molecular weight excluding hydrogens is 321 g/mol. The Morgan fingerprint density at radius 3 is 2.74 bits per heavy atom. The van der Waals surface area contributed by atoms with Crippen molar-refractivity contribution >= 4 is 29.0 Å². The van der Waals surface area contributed by atoms with Gasteiger partial charge in [-0.1, -0.05) is 41.0 Å². The Hall–Kier alpha value is -2.60. The van der Waals surface area contributed by atoms with Crippen LogP contribution in [0.15, 0.2) is 53.7 Å². The minimum atomic E-state index is -0.952. The standard InChI is InChI=1S/C16H15ClFN3O2/c1-10(16(22)20-14-8-3-2-7-13(14)18)23-21-15(19)11-5-4-6-12(17)9-11/h2-10H,1H3,(H2,19,21)(H,20,22). The Morgan fingerprint density at radius 2 is 2.04 bits per heavy atom. The molecule has 7 heteroatoms. The lowest BCUT2D eigenvalue weighted by Gasteiger charge is -2.11. The highest BCUT2D eigenvalue weighted by atomic mass is 35.5. The lowest BCUT2D eigenvalue weighted by Crippen LogP contribution is -2.27. The molecule has 1 amide bonds. The van der Waals surface area contributed by atoms with Gasteiger partial charge < -0.3 is 15.9 Å². The molecule has 0 saturated heterocycles. The zero-order valence-electron chi connectivity index (χ0n) is 12.3. The quantitative estimate of drug-likeness (QED) is 0.500. The average Bonchev–Trinajstić information content (AvgIpc) is 2.54. The number of nitrogens with zero attached hydrogens (tertiary/aromatic N) is 1. The molecule has 2 aromatic rings. The summed E-state index contributed by atoms with van der Waals surface area (Å²) >= 11 is 5.86. The SMILES string of the molecule is CC(O/N=C(\N)c1cccc(Cl)c1)C(=O)Nc1ccccc1F. The van der Waals surface area contributed by atoms with Crippen LogP contribution in [-0.4, -0.2) is 17.8 Å². The lowest BCUT2D eigenvalue weighted by molar-refractivity contribution is -0.126. The maximum absolute atomic E-state index is 13.5. The third-order valence-corrected chi connectivity index (χ3v) is 3.17. The summed E-state index contributed by atoms with van der Waals surface area (Å²) in [7, 11) is 0. The first kappa shape index (κ1) is 16.8. The van der Waals surface area contributed by atoms with Gasteiger partial charge in [0.15, 0.2) is 5.84 Å². The molecule has 0 fully saturated rings. The van der Waals surface area contributed by atoms with Crippen molar-refractivity contribution in [2.45, 2.75) is 13.0 Å². The second-order valence-electron chi connectivity index (χ2n) is 4.70. The van der Waals surface area contributed by atoms with Crippen LogP contribution in [0.5, 0.6) is 0 Å². The van der Waals surface area contributed by atoms with Crippen LogP contribution in [0.3, 0.4) is 0 Å². The molecule has 5 nitrogen and oxygen atoms in total. The Bertz CT molecular complexity index is 737. The smallest absolute Gasteiger partial charge is 0.268 e. The molecule has 2 rings (SSSR count). The van der Waals surface area contributed by atoms with Gasteiger partial charge in [0.25, 0.3) is 5.91 Å². The molecule has 0 saturated carbocycles. The Kier molecular flexibility index (Phi) is 5.54. The second kappa shape index (κ2) is 7.60. The molecule has 0 aliphatic heterocycles. The van der Waals surface area contributed by atoms with Crippen molar-refractivity contribution in [1.29, 1.82) is 0 Å². The number of benzene rings is 2. The summed E-state index contributed by atoms with van der Waals surface area (Å²) in [6.45, 7) is 1.48. The lowest BCUT2D eigenvalue weighted by atomic mass is 10.2. The zero-order chi connectivity index (χ0) is 16.8. The fourth-order valence-corrected chi connectivity index (χ4v) is 1.87. The van der Waals surface area contributed by atoms with Crippen LogP contribution in [0.2, 0.25) is 5.02 Å². The highest BCUT2D eigenvalue weighted by Crippen LogP contribution is 2.13. The number of para-hydroxylation sites is 1. The fourth-order valence-electron chi connectivity index (χ4n) is 1.68. The van der Waals surface area contributed by atoms with Gasteiger partial charge >= 0.3 is 0 Å². The van der Waals surface area contributed by atoms with Crippen molar-refractivity contribution in [1.82, 2.24) is 0 Å². The van der Waals surface area contributed by atoms with Crippen LogP contribution in [0.1, 0.15) is 12.5 Å². The first-order valence-corrected chi connectivity index (χ1v) is 7.16. The number of amidine groups is 1. The zero-order valence-corrected chi connectivity index (χ0v) is 13.0. The van der Waals surface area contributed by atoms with Crippen molar-refractivity contribution in [3.8, 4) is 0 Å². The number of carbonyl (C=O) groups excluding carboxylic acids is 1. The molecule has 0 aliphatic rings. The van der Waals surface area contributed by atoms with Gasteiger partial charge in [0.05, 0.1) is 5.69 Å². The van der Waals surface area contributed by atoms with Gasteiger partial charge in [-0.3, -0.25) is 4.79 Å². The average molecular weight is 336 g/mol. The first-order valence-electron chi connectivity index (χ1n) is 6.78. The van der Waals surface area contributed by atoms with E-state index in [1.807, 2.05) is 0 Å². The summed E-state index contributed by atoms with van der Waals surface area (Å²) in [4.78, 5) is 17.0. The van der Waals surface area contributed by atoms with Crippen molar-refractivity contribution < 1.29 is 14.0 Å². The molecule has 1 unspecified atom stereocenters. The molecule has 23 heavy (non-hydrogen) atoms. The number of amides is 1. The first-order chi connectivity index (χ1) is 11.0. The van der Waals surface area contributed by atoms with Crippen molar-refractivity contribution in [2.75, 3.05) is 5.32 Å². The van der Waals surface area contributed by atoms with Crippen molar-refractivity contribution in [2.24, 2.45) is 10.9 Å². The van der Waals surface area contributed by atoms with Gasteiger partial charge in [-0.05, 0) is 31.2 Å². The minimum absolute atomic E-state index is 0.0692. The summed E-state index contributed by atoms with van der Waals surface area (Å²) in [5, 5.41) is 6.62. The van der Waals surface area contributed by atoms with E-state index >= 15 is 0 Å². The number of nitrogens with one attached hydrogen (secondary N) is 1. The van der Waals surface area contributed by atoms with E-state index < -0.39 is 17.8 Å². The Morgan fingerprint density at radius 1 is 1.30 bits per heavy atom. The molecule has 0 radical (unpaired) electrons. The normalized spacial score (nSPS) is 12.6. The Labute approximate surface area is 137 Å². The number of anilines is 1. The topological polar surface area (TPSA) is 76.7 Å². The van der Waals surface area contributed by atoms with Gasteiger partial charge in [0.2, 0.25) is 6.10 Å². The van der Waals surface area contributed by atoms with E-state index in [1.165, 1.54) is 25.1 Å². The van der Waals surface area contributed by atoms with Crippen molar-refractivity contribution in [3.05, 3.63) is 64.9 Å². The van der Waals surface area contributed by atoms with E-state index in [9.17, 15) is 9.18 Å². The molecule has 3 N–H and O–H groups in total. The number of hydrogen-bond acceptors (Lipinski definition) is 3. The summed E-state index contributed by atoms with van der Waals surface area (Å²) in [5.41, 5.74) is 6.40. The maximum atomic E-state index is 13.5. The van der Waals surface area contributed by atoms with Gasteiger partial charge in [-0.15, -0.1) is 0 Å². The van der Waals surface area contributed by atoms with E-state index in [4.69, 9.17) is 22.2 Å². The number of rotatable bonds is 5. The van der Waals surface area contributed by atoms with Crippen LogP contribution in [0.25, 0.3) is 0 Å². The molecular formula is C16H15ClFN3O2. The highest BCUT2D eigenvalue weighted by Gasteiger charge is 2.16. The second-order valence-corrected chi connectivity index (χ2v) is 5.14. The minimum Gasteiger partial charge on any atom is -0.381 e. The molecule has 0 bridgehead atoms. The number of nitrogens with two attached hydrogens (primary N) is 1. The molecule has 2 aromatic carbocycles. The number of oxime groups is 1. The van der Waals surface area contributed by atoms with Gasteiger partial charge in [-0.25, -0.2) is 4.39 Å². The van der Waals surface area contributed by atoms with Gasteiger partial charge in [0, 0.05) is 10.6 Å². The third kappa shape index (κ3) is 4.69. The van der Waals surface area contributed by atoms with Crippen LogP contribution in [0, 0.1) is 5.82 Å². The Balaban J connectivity index is 1.98. The fraction of sp³-hybridized carbons (Fsp3) is 0.125.